The number of rotatable bonds is 12. The number of ether oxygens (including phenoxy) is 7. The lowest BCUT2D eigenvalue weighted by molar-refractivity contribution is 0.0912. The molecular formula is C73H63B4NO16. The lowest BCUT2D eigenvalue weighted by Crippen LogP contribution is -2.31. The number of methoxy groups -OCH3 is 4. The number of hydrogen-bond donors (Lipinski definition) is 9. The summed E-state index contributed by atoms with van der Waals surface area (Å²) in [6.07, 6.45) is 0.478. The Labute approximate surface area is 542 Å². The van der Waals surface area contributed by atoms with Gasteiger partial charge in [-0.05, 0) is 187 Å². The molecule has 15 rings (SSSR count). The zero-order valence-corrected chi connectivity index (χ0v) is 51.5. The molecule has 21 heteroatoms. The monoisotopic (exact) mass is 1250 g/mol. The predicted octanol–water partition coefficient (Wildman–Crippen LogP) is 9.24. The summed E-state index contributed by atoms with van der Waals surface area (Å²) < 4.78 is 44.4. The van der Waals surface area contributed by atoms with Gasteiger partial charge in [0.05, 0.1) is 28.4 Å². The van der Waals surface area contributed by atoms with Crippen molar-refractivity contribution < 1.29 is 77.8 Å². The Morgan fingerprint density at radius 1 is 0.362 bits per heavy atom. The largest absolute Gasteiger partial charge is 0.497 e. The van der Waals surface area contributed by atoms with Gasteiger partial charge in [0, 0.05) is 39.0 Å². The van der Waals surface area contributed by atoms with E-state index < -0.39 is 28.5 Å². The summed E-state index contributed by atoms with van der Waals surface area (Å²) in [4.78, 5) is 3.40. The second-order valence-corrected chi connectivity index (χ2v) is 22.3. The van der Waals surface area contributed by atoms with Gasteiger partial charge in [0.1, 0.15) is 52.3 Å². The van der Waals surface area contributed by atoms with Gasteiger partial charge >= 0.3 is 28.5 Å². The van der Waals surface area contributed by atoms with E-state index in [1.807, 2.05) is 140 Å². The van der Waals surface area contributed by atoms with Crippen molar-refractivity contribution in [3.8, 4) is 79.4 Å². The third-order valence-electron chi connectivity index (χ3n) is 16.3. The molecule has 0 bridgehead atoms. The fraction of sp³-hybridized carbons (Fsp3) is 0.0959. The van der Waals surface area contributed by atoms with Crippen LogP contribution in [0, 0.1) is 0 Å². The van der Waals surface area contributed by atoms with E-state index in [0.29, 0.717) is 63.0 Å². The van der Waals surface area contributed by atoms with Gasteiger partial charge in [0.15, 0.2) is 17.6 Å². The summed E-state index contributed by atoms with van der Waals surface area (Å²) in [5.74, 6) is 5.42. The normalized spacial score (nSPS) is 12.5. The molecule has 2 aromatic heterocycles. The van der Waals surface area contributed by atoms with E-state index in [2.05, 4.69) is 35.3 Å². The van der Waals surface area contributed by atoms with E-state index in [-0.39, 0.29) is 6.10 Å². The highest BCUT2D eigenvalue weighted by molar-refractivity contribution is 6.60. The van der Waals surface area contributed by atoms with Crippen LogP contribution in [0.5, 0.6) is 46.0 Å². The van der Waals surface area contributed by atoms with Gasteiger partial charge in [-0.1, -0.05) is 109 Å². The zero-order valence-electron chi connectivity index (χ0n) is 51.5. The molecule has 1 atom stereocenters. The van der Waals surface area contributed by atoms with Crippen molar-refractivity contribution in [1.82, 2.24) is 4.98 Å². The minimum atomic E-state index is -1.56. The average Bonchev–Trinajstić information content (AvgIpc) is 1.57. The van der Waals surface area contributed by atoms with E-state index in [1.54, 1.807) is 75.9 Å². The second-order valence-electron chi connectivity index (χ2n) is 22.3. The number of hydrogen-bond acceptors (Lipinski definition) is 16. The molecule has 94 heavy (non-hydrogen) atoms. The topological polar surface area (TPSA) is 255 Å². The van der Waals surface area contributed by atoms with Crippen molar-refractivity contribution >= 4 is 94.1 Å². The van der Waals surface area contributed by atoms with Crippen LogP contribution in [0.25, 0.3) is 77.1 Å². The summed E-state index contributed by atoms with van der Waals surface area (Å²) in [6, 6.07) is 70.4. The summed E-state index contributed by atoms with van der Waals surface area (Å²) in [7, 11) is 0.0321. The second kappa shape index (κ2) is 28.2. The fourth-order valence-electron chi connectivity index (χ4n) is 11.5. The number of para-hydroxylation sites is 5. The molecular weight excluding hydrogens is 1190 g/mol. The molecule has 468 valence electrons. The molecule has 13 aromatic rings. The Hall–Kier alpha value is -10.4. The number of fused-ring (bicyclic) bond motifs is 9. The molecule has 0 saturated heterocycles. The molecule has 1 unspecified atom stereocenters. The van der Waals surface area contributed by atoms with E-state index in [0.717, 1.165) is 106 Å². The molecule has 0 fully saturated rings. The summed E-state index contributed by atoms with van der Waals surface area (Å²) in [6.45, 7) is 0.352. The van der Waals surface area contributed by atoms with Crippen molar-refractivity contribution in [2.75, 3.05) is 35.0 Å². The van der Waals surface area contributed by atoms with Gasteiger partial charge in [0.2, 0.25) is 0 Å². The average molecular weight is 1250 g/mol. The summed E-state index contributed by atoms with van der Waals surface area (Å²) in [5.41, 5.74) is 13.9. The molecule has 0 saturated carbocycles. The highest BCUT2D eigenvalue weighted by Gasteiger charge is 2.26. The lowest BCUT2D eigenvalue weighted by atomic mass is 9.78. The number of H-pyrrole nitrogens is 1. The standard InChI is InChI=1S/C20H17BO4.C19H16BNO3.C19H15BO4.C15H15BO5/c1-24-18-11-15(10-17(12-18)21(22)23)13-6-7-20-16(8-13)9-14-4-2-3-5-19(14)25-20;1-24-15-9-13(8-14(11-15)20(22)23)12-6-7-19-17(10-12)16-4-2-3-5-18(16)21-19;1-23-15-9-13(8-14(11-15)20(21)22)12-6-7-19-17(10-12)16-4-2-3-5-18(16)24-19;1-19-12-7-10(6-11(8-12)16(17)18)15-9-20-13-4-2-3-5-14(13)21-15/h2-8,10-12,22-23H,9H2,1H3;2-11,21-23H,1H3;2-11,21-22H,1H3;2-8,15,17-18H,9H2,1H3. The molecule has 2 aliphatic heterocycles. The third kappa shape index (κ3) is 14.1. The molecule has 4 heterocycles. The van der Waals surface area contributed by atoms with Crippen LogP contribution < -0.4 is 55.0 Å². The van der Waals surface area contributed by atoms with Gasteiger partial charge in [-0.2, -0.15) is 0 Å². The smallest absolute Gasteiger partial charge is 0.488 e. The first-order valence-corrected chi connectivity index (χ1v) is 30.0. The SMILES string of the molecule is COc1cc(B(O)O)cc(-c2ccc3[nH]c4ccccc4c3c2)c1.COc1cc(B(O)O)cc(-c2ccc3c(c2)Cc2ccccc2O3)c1.COc1cc(B(O)O)cc(-c2ccc3oc4ccccc4c3c2)c1.COc1cc(B(O)O)cc(C2COc3ccccc3O2)c1. The minimum Gasteiger partial charge on any atom is -0.497 e. The Balaban J connectivity index is 0.000000121. The van der Waals surface area contributed by atoms with Crippen LogP contribution in [-0.4, -0.2) is 109 Å². The summed E-state index contributed by atoms with van der Waals surface area (Å²) in [5, 5.41) is 80.0. The lowest BCUT2D eigenvalue weighted by Gasteiger charge is -2.27. The molecule has 17 nitrogen and oxygen atoms in total. The van der Waals surface area contributed by atoms with Crippen LogP contribution in [0.1, 0.15) is 22.8 Å². The first-order valence-electron chi connectivity index (χ1n) is 30.0. The fourth-order valence-corrected chi connectivity index (χ4v) is 11.5. The van der Waals surface area contributed by atoms with Crippen LogP contribution in [0.15, 0.2) is 229 Å². The first-order chi connectivity index (χ1) is 45.6. The first kappa shape index (κ1) is 63.7. The molecule has 0 amide bonds. The molecule has 0 aliphatic carbocycles. The van der Waals surface area contributed by atoms with Crippen molar-refractivity contribution in [3.63, 3.8) is 0 Å². The maximum absolute atomic E-state index is 9.50. The van der Waals surface area contributed by atoms with Crippen LogP contribution in [0.4, 0.5) is 0 Å². The number of benzene rings is 11. The van der Waals surface area contributed by atoms with Gasteiger partial charge in [-0.25, -0.2) is 0 Å². The van der Waals surface area contributed by atoms with E-state index >= 15 is 0 Å². The number of aromatic nitrogens is 1. The Morgan fingerprint density at radius 2 is 0.819 bits per heavy atom. The van der Waals surface area contributed by atoms with Crippen molar-refractivity contribution in [2.45, 2.75) is 12.5 Å². The molecule has 9 N–H and O–H groups in total. The van der Waals surface area contributed by atoms with Crippen LogP contribution in [0.3, 0.4) is 0 Å². The molecule has 0 radical (unpaired) electrons. The Bertz CT molecular complexity index is 4690. The third-order valence-corrected chi connectivity index (χ3v) is 16.3. The quantitative estimate of drug-likeness (QED) is 0.0517. The molecule has 11 aromatic carbocycles. The van der Waals surface area contributed by atoms with Crippen molar-refractivity contribution in [1.29, 1.82) is 0 Å². The number of nitrogens with one attached hydrogen (secondary N) is 1. The van der Waals surface area contributed by atoms with Gasteiger partial charge < -0.3 is 82.8 Å². The van der Waals surface area contributed by atoms with Crippen LogP contribution in [-0.2, 0) is 6.42 Å². The zero-order chi connectivity index (χ0) is 65.6. The van der Waals surface area contributed by atoms with E-state index in [9.17, 15) is 40.2 Å². The van der Waals surface area contributed by atoms with Crippen LogP contribution >= 0.6 is 0 Å². The number of furan rings is 1. The Kier molecular flexibility index (Phi) is 19.1. The highest BCUT2D eigenvalue weighted by atomic mass is 16.6. The maximum Gasteiger partial charge on any atom is 0.488 e. The summed E-state index contributed by atoms with van der Waals surface area (Å²) >= 11 is 0. The van der Waals surface area contributed by atoms with Crippen molar-refractivity contribution in [2.24, 2.45) is 0 Å². The van der Waals surface area contributed by atoms with Gasteiger partial charge in [-0.15, -0.1) is 0 Å². The Morgan fingerprint density at radius 3 is 1.43 bits per heavy atom. The van der Waals surface area contributed by atoms with Gasteiger partial charge in [0.25, 0.3) is 0 Å². The highest BCUT2D eigenvalue weighted by Crippen LogP contribution is 2.40. The minimum absolute atomic E-state index is 0.326. The van der Waals surface area contributed by atoms with Gasteiger partial charge in [-0.3, -0.25) is 0 Å². The maximum atomic E-state index is 9.50. The van der Waals surface area contributed by atoms with Crippen LogP contribution in [0.2, 0.25) is 0 Å². The van der Waals surface area contributed by atoms with E-state index in [4.69, 9.17) is 37.6 Å². The van der Waals surface area contributed by atoms with Crippen molar-refractivity contribution in [3.05, 3.63) is 241 Å². The predicted molar refractivity (Wildman–Crippen MR) is 369 cm³/mol. The van der Waals surface area contributed by atoms with E-state index in [1.165, 1.54) is 12.5 Å². The molecule has 0 spiro atoms. The molecule has 2 aliphatic rings. The number of aromatic amines is 1.